The van der Waals surface area contributed by atoms with Gasteiger partial charge in [-0.15, -0.1) is 17.8 Å². The normalized spacial score (nSPS) is 11.2. The van der Waals surface area contributed by atoms with Gasteiger partial charge < -0.3 is 10.6 Å². The largest absolute Gasteiger partial charge is 0.357 e. The predicted molar refractivity (Wildman–Crippen MR) is 82.7 cm³/mol. The van der Waals surface area contributed by atoms with Crippen LogP contribution in [0.3, 0.4) is 0 Å². The molecule has 0 amide bonds. The molecule has 0 aromatic carbocycles. The second kappa shape index (κ2) is 8.54. The Balaban J connectivity index is 2.51. The van der Waals surface area contributed by atoms with Crippen LogP contribution in [0.5, 0.6) is 0 Å². The molecule has 0 aliphatic heterocycles. The van der Waals surface area contributed by atoms with Crippen LogP contribution in [0.2, 0.25) is 0 Å². The lowest BCUT2D eigenvalue weighted by atomic mass is 10.3. The van der Waals surface area contributed by atoms with Gasteiger partial charge in [0.25, 0.3) is 0 Å². The molecule has 4 nitrogen and oxygen atoms in total. The fourth-order valence-electron chi connectivity index (χ4n) is 1.66. The Labute approximate surface area is 119 Å². The molecule has 0 atom stereocenters. The van der Waals surface area contributed by atoms with Gasteiger partial charge in [0.15, 0.2) is 5.96 Å². The minimum atomic E-state index is 0.488. The Hall–Kier alpha value is -1.54. The summed E-state index contributed by atoms with van der Waals surface area (Å²) in [5.74, 6) is 3.31. The van der Waals surface area contributed by atoms with Gasteiger partial charge in [0.05, 0.1) is 17.2 Å². The molecule has 1 aromatic heterocycles. The average molecular weight is 278 g/mol. The highest BCUT2D eigenvalue weighted by Gasteiger charge is 2.05. The Bertz CT molecular complexity index is 457. The molecule has 5 heteroatoms. The molecule has 1 aromatic rings. The minimum Gasteiger partial charge on any atom is -0.357 e. The van der Waals surface area contributed by atoms with E-state index in [-0.39, 0.29) is 0 Å². The summed E-state index contributed by atoms with van der Waals surface area (Å²) in [5.41, 5.74) is 1.21. The summed E-state index contributed by atoms with van der Waals surface area (Å²) >= 11 is 1.77. The Kier molecular flexibility index (Phi) is 6.98. The van der Waals surface area contributed by atoms with E-state index in [4.69, 9.17) is 6.42 Å². The molecule has 0 radical (unpaired) electrons. The van der Waals surface area contributed by atoms with Crippen LogP contribution in [0.1, 0.15) is 29.4 Å². The van der Waals surface area contributed by atoms with Crippen LogP contribution in [0.15, 0.2) is 4.99 Å². The quantitative estimate of drug-likeness (QED) is 0.473. The highest BCUT2D eigenvalue weighted by molar-refractivity contribution is 7.11. The molecule has 2 N–H and O–H groups in total. The summed E-state index contributed by atoms with van der Waals surface area (Å²) in [6.45, 7) is 8.33. The summed E-state index contributed by atoms with van der Waals surface area (Å²) in [7, 11) is 0. The van der Waals surface area contributed by atoms with Gasteiger partial charge in [0, 0.05) is 24.4 Å². The molecular weight excluding hydrogens is 256 g/mol. The first-order chi connectivity index (χ1) is 9.21. The summed E-state index contributed by atoms with van der Waals surface area (Å²) in [6, 6.07) is 0. The molecule has 0 bridgehead atoms. The maximum atomic E-state index is 5.22. The Morgan fingerprint density at radius 1 is 1.42 bits per heavy atom. The van der Waals surface area contributed by atoms with Gasteiger partial charge in [-0.1, -0.05) is 12.8 Å². The van der Waals surface area contributed by atoms with Gasteiger partial charge in [0.2, 0.25) is 0 Å². The molecule has 1 heterocycles. The third kappa shape index (κ3) is 5.31. The van der Waals surface area contributed by atoms with Crippen molar-refractivity contribution in [3.63, 3.8) is 0 Å². The Morgan fingerprint density at radius 2 is 2.21 bits per heavy atom. The van der Waals surface area contributed by atoms with E-state index >= 15 is 0 Å². The van der Waals surface area contributed by atoms with E-state index in [1.807, 2.05) is 6.92 Å². The number of aromatic nitrogens is 1. The predicted octanol–water partition coefficient (Wildman–Crippen LogP) is 1.74. The van der Waals surface area contributed by atoms with Gasteiger partial charge in [-0.25, -0.2) is 4.98 Å². The maximum Gasteiger partial charge on any atom is 0.192 e. The van der Waals surface area contributed by atoms with E-state index in [0.29, 0.717) is 6.54 Å². The molecular formula is C14H22N4S. The first kappa shape index (κ1) is 15.5. The number of aryl methyl sites for hydroxylation is 2. The zero-order valence-electron chi connectivity index (χ0n) is 11.9. The van der Waals surface area contributed by atoms with Crippen LogP contribution in [0.4, 0.5) is 0 Å². The van der Waals surface area contributed by atoms with Crippen molar-refractivity contribution in [3.8, 4) is 12.3 Å². The van der Waals surface area contributed by atoms with Gasteiger partial charge in [-0.2, -0.15) is 0 Å². The van der Waals surface area contributed by atoms with Gasteiger partial charge >= 0.3 is 0 Å². The molecule has 0 aliphatic rings. The van der Waals surface area contributed by atoms with Crippen molar-refractivity contribution >= 4 is 17.3 Å². The average Bonchev–Trinajstić information content (AvgIpc) is 2.76. The van der Waals surface area contributed by atoms with Crippen LogP contribution >= 0.6 is 11.3 Å². The van der Waals surface area contributed by atoms with Crippen molar-refractivity contribution < 1.29 is 0 Å². The number of thiazole rings is 1. The van der Waals surface area contributed by atoms with E-state index in [0.717, 1.165) is 36.9 Å². The molecule has 19 heavy (non-hydrogen) atoms. The van der Waals surface area contributed by atoms with Gasteiger partial charge in [-0.3, -0.25) is 4.99 Å². The number of hydrogen-bond donors (Lipinski definition) is 2. The number of guanidine groups is 1. The summed E-state index contributed by atoms with van der Waals surface area (Å²) in [5, 5.41) is 7.39. The first-order valence-corrected chi connectivity index (χ1v) is 7.43. The Morgan fingerprint density at radius 3 is 2.79 bits per heavy atom. The van der Waals surface area contributed by atoms with Crippen molar-refractivity contribution in [1.29, 1.82) is 0 Å². The number of nitrogens with one attached hydrogen (secondary N) is 2. The lowest BCUT2D eigenvalue weighted by Gasteiger charge is -2.08. The minimum absolute atomic E-state index is 0.488. The van der Waals surface area contributed by atoms with Gasteiger partial charge in [-0.05, 0) is 20.3 Å². The second-order valence-corrected chi connectivity index (χ2v) is 5.32. The molecule has 0 saturated carbocycles. The topological polar surface area (TPSA) is 49.3 Å². The first-order valence-electron chi connectivity index (χ1n) is 6.62. The van der Waals surface area contributed by atoms with E-state index in [9.17, 15) is 0 Å². The van der Waals surface area contributed by atoms with Crippen molar-refractivity contribution in [2.24, 2.45) is 4.99 Å². The van der Waals surface area contributed by atoms with Crippen molar-refractivity contribution in [2.45, 2.75) is 33.6 Å². The standard InChI is InChI=1S/C14H22N4S/c1-5-9-16-14(15-7-3)17-10-8-13-18-12(6-2)11(4)19-13/h1H,6-10H2,2-4H3,(H2,15,16,17). The van der Waals surface area contributed by atoms with Crippen LogP contribution in [0, 0.1) is 19.3 Å². The van der Waals surface area contributed by atoms with Crippen LogP contribution < -0.4 is 10.6 Å². The lowest BCUT2D eigenvalue weighted by Crippen LogP contribution is -2.37. The zero-order valence-corrected chi connectivity index (χ0v) is 12.7. The van der Waals surface area contributed by atoms with Crippen LogP contribution in [-0.4, -0.2) is 30.6 Å². The number of terminal acetylenes is 1. The third-order valence-corrected chi connectivity index (χ3v) is 3.64. The fourth-order valence-corrected chi connectivity index (χ4v) is 2.67. The van der Waals surface area contributed by atoms with E-state index in [2.05, 4.69) is 40.4 Å². The highest BCUT2D eigenvalue weighted by atomic mass is 32.1. The molecule has 0 spiro atoms. The number of nitrogens with zero attached hydrogens (tertiary/aromatic N) is 2. The summed E-state index contributed by atoms with van der Waals surface area (Å²) in [6.07, 6.45) is 7.09. The summed E-state index contributed by atoms with van der Waals surface area (Å²) in [4.78, 5) is 10.4. The summed E-state index contributed by atoms with van der Waals surface area (Å²) < 4.78 is 0. The van der Waals surface area contributed by atoms with Crippen molar-refractivity contribution in [3.05, 3.63) is 15.6 Å². The molecule has 104 valence electrons. The SMILES string of the molecule is C#CCNC(=NCCc1nc(CC)c(C)s1)NCC. The highest BCUT2D eigenvalue weighted by Crippen LogP contribution is 2.18. The monoisotopic (exact) mass is 278 g/mol. The van der Waals surface area contributed by atoms with Crippen molar-refractivity contribution in [1.82, 2.24) is 15.6 Å². The number of aliphatic imine (C=N–C) groups is 1. The molecule has 0 saturated heterocycles. The van der Waals surface area contributed by atoms with Gasteiger partial charge in [0.1, 0.15) is 0 Å². The fraction of sp³-hybridized carbons (Fsp3) is 0.571. The van der Waals surface area contributed by atoms with E-state index < -0.39 is 0 Å². The lowest BCUT2D eigenvalue weighted by molar-refractivity contribution is 0.850. The molecule has 0 fully saturated rings. The third-order valence-electron chi connectivity index (χ3n) is 2.57. The van der Waals surface area contributed by atoms with Crippen LogP contribution in [0.25, 0.3) is 0 Å². The smallest absolute Gasteiger partial charge is 0.192 e. The zero-order chi connectivity index (χ0) is 14.1. The number of hydrogen-bond acceptors (Lipinski definition) is 3. The van der Waals surface area contributed by atoms with E-state index in [1.165, 1.54) is 10.6 Å². The van der Waals surface area contributed by atoms with Crippen molar-refractivity contribution in [2.75, 3.05) is 19.6 Å². The second-order valence-electron chi connectivity index (χ2n) is 4.03. The number of rotatable bonds is 6. The van der Waals surface area contributed by atoms with E-state index in [1.54, 1.807) is 11.3 Å². The molecule has 0 aliphatic carbocycles. The van der Waals surface area contributed by atoms with Crippen LogP contribution in [-0.2, 0) is 12.8 Å². The molecule has 1 rings (SSSR count). The molecule has 0 unspecified atom stereocenters. The maximum absolute atomic E-state index is 5.22.